The molecule has 2 aliphatic heterocycles. The Morgan fingerprint density at radius 2 is 1.89 bits per heavy atom. The summed E-state index contributed by atoms with van der Waals surface area (Å²) >= 11 is 12.4. The summed E-state index contributed by atoms with van der Waals surface area (Å²) in [5.74, 6) is 0. The molecule has 0 saturated carbocycles. The van der Waals surface area contributed by atoms with Crippen LogP contribution >= 0.6 is 23.2 Å². The van der Waals surface area contributed by atoms with Crippen LogP contribution in [-0.2, 0) is 0 Å². The van der Waals surface area contributed by atoms with Crippen molar-refractivity contribution in [3.63, 3.8) is 0 Å². The van der Waals surface area contributed by atoms with Gasteiger partial charge in [0.1, 0.15) is 0 Å². The largest absolute Gasteiger partial charge is 0.368 e. The van der Waals surface area contributed by atoms with E-state index in [2.05, 4.69) is 21.2 Å². The van der Waals surface area contributed by atoms with Crippen LogP contribution in [0, 0.1) is 0 Å². The number of piperazine rings is 1. The third-order valence-corrected chi connectivity index (χ3v) is 4.95. The first-order valence-electron chi connectivity index (χ1n) is 6.89. The SMILES string of the molecule is Clc1cccc(N2CCN([C@@H]3CCNC3)CC2)c1Cl. The molecular formula is C14H19Cl2N3. The Bertz CT molecular complexity index is 438. The number of anilines is 1. The summed E-state index contributed by atoms with van der Waals surface area (Å²) in [6, 6.07) is 6.59. The third-order valence-electron chi connectivity index (χ3n) is 4.14. The predicted molar refractivity (Wildman–Crippen MR) is 81.5 cm³/mol. The number of hydrogen-bond acceptors (Lipinski definition) is 3. The first kappa shape index (κ1) is 13.5. The summed E-state index contributed by atoms with van der Waals surface area (Å²) in [6.07, 6.45) is 1.28. The maximum Gasteiger partial charge on any atom is 0.0825 e. The molecule has 0 unspecified atom stereocenters. The van der Waals surface area contributed by atoms with Gasteiger partial charge in [0, 0.05) is 38.8 Å². The zero-order valence-electron chi connectivity index (χ0n) is 10.9. The van der Waals surface area contributed by atoms with Crippen molar-refractivity contribution in [2.24, 2.45) is 0 Å². The van der Waals surface area contributed by atoms with Gasteiger partial charge in [-0.3, -0.25) is 4.90 Å². The number of halogens is 2. The van der Waals surface area contributed by atoms with Gasteiger partial charge in [-0.25, -0.2) is 0 Å². The summed E-state index contributed by atoms with van der Waals surface area (Å²) < 4.78 is 0. The Labute approximate surface area is 124 Å². The topological polar surface area (TPSA) is 18.5 Å². The van der Waals surface area contributed by atoms with Crippen molar-refractivity contribution < 1.29 is 0 Å². The van der Waals surface area contributed by atoms with E-state index in [1.807, 2.05) is 12.1 Å². The van der Waals surface area contributed by atoms with Gasteiger partial charge in [-0.1, -0.05) is 29.3 Å². The van der Waals surface area contributed by atoms with Crippen molar-refractivity contribution >= 4 is 28.9 Å². The van der Waals surface area contributed by atoms with Gasteiger partial charge in [0.25, 0.3) is 0 Å². The molecule has 2 aliphatic rings. The molecule has 1 aromatic carbocycles. The summed E-state index contributed by atoms with van der Waals surface area (Å²) in [5.41, 5.74) is 1.07. The summed E-state index contributed by atoms with van der Waals surface area (Å²) in [7, 11) is 0. The lowest BCUT2D eigenvalue weighted by molar-refractivity contribution is 0.196. The Morgan fingerprint density at radius 3 is 2.58 bits per heavy atom. The van der Waals surface area contributed by atoms with E-state index in [0.717, 1.165) is 51.0 Å². The predicted octanol–water partition coefficient (Wildman–Crippen LogP) is 2.48. The van der Waals surface area contributed by atoms with Crippen molar-refractivity contribution in [1.29, 1.82) is 0 Å². The minimum Gasteiger partial charge on any atom is -0.368 e. The van der Waals surface area contributed by atoms with Crippen LogP contribution in [0.4, 0.5) is 5.69 Å². The molecule has 3 rings (SSSR count). The van der Waals surface area contributed by atoms with Gasteiger partial charge in [0.05, 0.1) is 15.7 Å². The molecule has 5 heteroatoms. The smallest absolute Gasteiger partial charge is 0.0825 e. The highest BCUT2D eigenvalue weighted by atomic mass is 35.5. The van der Waals surface area contributed by atoms with Crippen molar-refractivity contribution in [3.05, 3.63) is 28.2 Å². The van der Waals surface area contributed by atoms with E-state index >= 15 is 0 Å². The van der Waals surface area contributed by atoms with Gasteiger partial charge >= 0.3 is 0 Å². The van der Waals surface area contributed by atoms with Gasteiger partial charge in [0.2, 0.25) is 0 Å². The molecule has 2 heterocycles. The van der Waals surface area contributed by atoms with E-state index < -0.39 is 0 Å². The molecule has 0 aliphatic carbocycles. The van der Waals surface area contributed by atoms with Crippen LogP contribution in [0.15, 0.2) is 18.2 Å². The molecule has 1 N–H and O–H groups in total. The molecule has 1 atom stereocenters. The van der Waals surface area contributed by atoms with Crippen molar-refractivity contribution in [1.82, 2.24) is 10.2 Å². The lowest BCUT2D eigenvalue weighted by Gasteiger charge is -2.39. The maximum atomic E-state index is 6.29. The Hall–Kier alpha value is -0.480. The molecule has 3 nitrogen and oxygen atoms in total. The first-order valence-corrected chi connectivity index (χ1v) is 7.65. The molecule has 0 radical (unpaired) electrons. The zero-order chi connectivity index (χ0) is 13.2. The molecule has 104 valence electrons. The number of benzene rings is 1. The second-order valence-corrected chi connectivity index (χ2v) is 6.03. The van der Waals surface area contributed by atoms with Gasteiger partial charge < -0.3 is 10.2 Å². The van der Waals surface area contributed by atoms with Crippen LogP contribution in [0.25, 0.3) is 0 Å². The number of hydrogen-bond donors (Lipinski definition) is 1. The standard InChI is InChI=1S/C14H19Cl2N3/c15-12-2-1-3-13(14(12)16)19-8-6-18(7-9-19)11-4-5-17-10-11/h1-3,11,17H,4-10H2/t11-/m1/s1. The maximum absolute atomic E-state index is 6.29. The molecule has 1 aromatic rings. The molecule has 0 bridgehead atoms. The second-order valence-electron chi connectivity index (χ2n) is 5.24. The first-order chi connectivity index (χ1) is 9.25. The highest BCUT2D eigenvalue weighted by molar-refractivity contribution is 6.43. The van der Waals surface area contributed by atoms with Crippen molar-refractivity contribution in [2.75, 3.05) is 44.2 Å². The fourth-order valence-corrected chi connectivity index (χ4v) is 3.43. The minimum atomic E-state index is 0.640. The highest BCUT2D eigenvalue weighted by Gasteiger charge is 2.26. The molecular weight excluding hydrogens is 281 g/mol. The Balaban J connectivity index is 1.64. The highest BCUT2D eigenvalue weighted by Crippen LogP contribution is 2.33. The van der Waals surface area contributed by atoms with E-state index in [4.69, 9.17) is 23.2 Å². The number of nitrogens with one attached hydrogen (secondary N) is 1. The minimum absolute atomic E-state index is 0.640. The van der Waals surface area contributed by atoms with Crippen molar-refractivity contribution in [2.45, 2.75) is 12.5 Å². The monoisotopic (exact) mass is 299 g/mol. The van der Waals surface area contributed by atoms with Gasteiger partial charge in [-0.2, -0.15) is 0 Å². The fourth-order valence-electron chi connectivity index (χ4n) is 3.02. The lowest BCUT2D eigenvalue weighted by atomic mass is 10.1. The van der Waals surface area contributed by atoms with Crippen molar-refractivity contribution in [3.8, 4) is 0 Å². The second kappa shape index (κ2) is 5.88. The quantitative estimate of drug-likeness (QED) is 0.905. The number of rotatable bonds is 2. The summed E-state index contributed by atoms with van der Waals surface area (Å²) in [4.78, 5) is 4.93. The van der Waals surface area contributed by atoms with Gasteiger partial charge in [0.15, 0.2) is 0 Å². The molecule has 0 spiro atoms. The lowest BCUT2D eigenvalue weighted by Crippen LogP contribution is -2.51. The number of nitrogens with zero attached hydrogens (tertiary/aromatic N) is 2. The van der Waals surface area contributed by atoms with Crippen LogP contribution in [0.3, 0.4) is 0 Å². The fraction of sp³-hybridized carbons (Fsp3) is 0.571. The normalized spacial score (nSPS) is 24.9. The molecule has 2 fully saturated rings. The van der Waals surface area contributed by atoms with Gasteiger partial charge in [-0.05, 0) is 25.1 Å². The summed E-state index contributed by atoms with van der Waals surface area (Å²) in [5, 5.41) is 4.76. The molecule has 0 amide bonds. The summed E-state index contributed by atoms with van der Waals surface area (Å²) in [6.45, 7) is 6.56. The van der Waals surface area contributed by atoms with Crippen LogP contribution in [-0.4, -0.2) is 50.2 Å². The average Bonchev–Trinajstić information content (AvgIpc) is 2.96. The third kappa shape index (κ3) is 2.84. The Kier molecular flexibility index (Phi) is 4.18. The van der Waals surface area contributed by atoms with E-state index in [1.54, 1.807) is 0 Å². The van der Waals surface area contributed by atoms with E-state index in [1.165, 1.54) is 6.42 Å². The molecule has 0 aromatic heterocycles. The van der Waals surface area contributed by atoms with Crippen LogP contribution in [0.1, 0.15) is 6.42 Å². The van der Waals surface area contributed by atoms with Crippen LogP contribution in [0.5, 0.6) is 0 Å². The van der Waals surface area contributed by atoms with Crippen LogP contribution < -0.4 is 10.2 Å². The molecule has 2 saturated heterocycles. The van der Waals surface area contributed by atoms with Crippen LogP contribution in [0.2, 0.25) is 10.0 Å². The molecule has 19 heavy (non-hydrogen) atoms. The van der Waals surface area contributed by atoms with E-state index in [-0.39, 0.29) is 0 Å². The average molecular weight is 300 g/mol. The van der Waals surface area contributed by atoms with E-state index in [0.29, 0.717) is 10.0 Å². The van der Waals surface area contributed by atoms with E-state index in [9.17, 15) is 0 Å². The Morgan fingerprint density at radius 1 is 1.11 bits per heavy atom. The zero-order valence-corrected chi connectivity index (χ0v) is 12.4. The van der Waals surface area contributed by atoms with Gasteiger partial charge in [-0.15, -0.1) is 0 Å².